The van der Waals surface area contributed by atoms with E-state index in [1.165, 1.54) is 0 Å². The lowest BCUT2D eigenvalue weighted by Crippen LogP contribution is -2.46. The fourth-order valence-electron chi connectivity index (χ4n) is 3.18. The van der Waals surface area contributed by atoms with Crippen LogP contribution in [0.25, 0.3) is 22.0 Å². The topological polar surface area (TPSA) is 50.1 Å². The van der Waals surface area contributed by atoms with E-state index in [1.54, 1.807) is 11.3 Å². The molecule has 0 unspecified atom stereocenters. The minimum atomic E-state index is 0. The van der Waals surface area contributed by atoms with Gasteiger partial charge in [-0.25, -0.2) is 15.0 Å². The number of anilines is 1. The fourth-order valence-corrected chi connectivity index (χ4v) is 3.91. The summed E-state index contributed by atoms with van der Waals surface area (Å²) in [5.74, 6) is 1.71. The Morgan fingerprint density at radius 3 is 2.58 bits per heavy atom. The summed E-state index contributed by atoms with van der Waals surface area (Å²) in [6, 6.07) is 4.17. The van der Waals surface area contributed by atoms with Gasteiger partial charge < -0.3 is 14.4 Å². The van der Waals surface area contributed by atoms with Crippen LogP contribution < -0.4 is 4.90 Å². The highest BCUT2D eigenvalue weighted by Crippen LogP contribution is 2.33. The molecule has 8 heteroatoms. The summed E-state index contributed by atoms with van der Waals surface area (Å²) in [5, 5.41) is 2.08. The van der Waals surface area contributed by atoms with Crippen molar-refractivity contribution in [3.63, 3.8) is 0 Å². The molecule has 26 heavy (non-hydrogen) atoms. The molecular formula is C18H23ClN6S. The molecule has 0 saturated carbocycles. The number of rotatable bonds is 4. The molecule has 3 aromatic rings. The van der Waals surface area contributed by atoms with Crippen LogP contribution >= 0.6 is 23.7 Å². The Hall–Kier alpha value is -1.96. The first-order chi connectivity index (χ1) is 12.3. The van der Waals surface area contributed by atoms with Crippen LogP contribution in [-0.4, -0.2) is 57.1 Å². The second-order valence-electron chi connectivity index (χ2n) is 6.19. The van der Waals surface area contributed by atoms with Gasteiger partial charge in [-0.15, -0.1) is 23.7 Å². The Morgan fingerprint density at radius 1 is 1.15 bits per heavy atom. The summed E-state index contributed by atoms with van der Waals surface area (Å²) in [6.07, 6.45) is 5.68. The molecule has 4 rings (SSSR count). The van der Waals surface area contributed by atoms with Crippen LogP contribution in [0.3, 0.4) is 0 Å². The number of nitrogens with zero attached hydrogens (tertiary/aromatic N) is 6. The Balaban J connectivity index is 0.00000196. The van der Waals surface area contributed by atoms with Crippen LogP contribution in [0.15, 0.2) is 36.1 Å². The molecule has 0 amide bonds. The van der Waals surface area contributed by atoms with Crippen molar-refractivity contribution in [2.75, 3.05) is 37.6 Å². The molecule has 6 nitrogen and oxygen atoms in total. The van der Waals surface area contributed by atoms with E-state index in [1.807, 2.05) is 30.2 Å². The number of halogens is 1. The Morgan fingerprint density at radius 2 is 1.96 bits per heavy atom. The standard InChI is InChI=1S/C18H22N6S.ClH/c1-3-23-8-10-24(11-9-23)18-20-13-14(17-19-6-7-22(17)2)16(21-18)15-5-4-12-25-15;/h4-7,12-13H,3,8-11H2,1-2H3;1H. The molecule has 4 heterocycles. The summed E-state index contributed by atoms with van der Waals surface area (Å²) in [6.45, 7) is 7.39. The minimum Gasteiger partial charge on any atom is -0.338 e. The van der Waals surface area contributed by atoms with Crippen molar-refractivity contribution in [3.8, 4) is 22.0 Å². The Kier molecular flexibility index (Phi) is 5.90. The third-order valence-electron chi connectivity index (χ3n) is 4.70. The maximum absolute atomic E-state index is 4.94. The summed E-state index contributed by atoms with van der Waals surface area (Å²) >= 11 is 1.70. The normalized spacial score (nSPS) is 15.1. The molecule has 1 fully saturated rings. The predicted octanol–water partition coefficient (Wildman–Crippen LogP) is 3.17. The SMILES string of the molecule is CCN1CCN(c2ncc(-c3nccn3C)c(-c3cccs3)n2)CC1.Cl. The van der Waals surface area contributed by atoms with Gasteiger partial charge in [-0.3, -0.25) is 0 Å². The van der Waals surface area contributed by atoms with Crippen molar-refractivity contribution in [2.24, 2.45) is 7.05 Å². The van der Waals surface area contributed by atoms with E-state index < -0.39 is 0 Å². The second kappa shape index (κ2) is 8.16. The lowest BCUT2D eigenvalue weighted by atomic mass is 10.2. The van der Waals surface area contributed by atoms with Gasteiger partial charge in [0, 0.05) is 51.8 Å². The van der Waals surface area contributed by atoms with Crippen LogP contribution in [0.5, 0.6) is 0 Å². The molecule has 0 aliphatic carbocycles. The van der Waals surface area contributed by atoms with Crippen LogP contribution in [-0.2, 0) is 7.05 Å². The average Bonchev–Trinajstić information content (AvgIpc) is 3.33. The third kappa shape index (κ3) is 3.60. The first-order valence-corrected chi connectivity index (χ1v) is 9.50. The van der Waals surface area contributed by atoms with Gasteiger partial charge in [-0.1, -0.05) is 13.0 Å². The van der Waals surface area contributed by atoms with E-state index in [0.29, 0.717) is 0 Å². The summed E-state index contributed by atoms with van der Waals surface area (Å²) in [7, 11) is 2.00. The van der Waals surface area contributed by atoms with Crippen LogP contribution in [0.1, 0.15) is 6.92 Å². The van der Waals surface area contributed by atoms with E-state index in [-0.39, 0.29) is 12.4 Å². The van der Waals surface area contributed by atoms with Gasteiger partial charge >= 0.3 is 0 Å². The largest absolute Gasteiger partial charge is 0.338 e. The van der Waals surface area contributed by atoms with Crippen molar-refractivity contribution in [1.29, 1.82) is 0 Å². The quantitative estimate of drug-likeness (QED) is 0.684. The highest BCUT2D eigenvalue weighted by Gasteiger charge is 2.21. The maximum atomic E-state index is 4.94. The minimum absolute atomic E-state index is 0. The summed E-state index contributed by atoms with van der Waals surface area (Å²) < 4.78 is 2.01. The van der Waals surface area contributed by atoms with Crippen molar-refractivity contribution in [3.05, 3.63) is 36.1 Å². The number of aryl methyl sites for hydroxylation is 1. The van der Waals surface area contributed by atoms with Gasteiger partial charge in [0.05, 0.1) is 16.1 Å². The lowest BCUT2D eigenvalue weighted by Gasteiger charge is -2.34. The zero-order valence-electron chi connectivity index (χ0n) is 15.0. The molecule has 1 aliphatic rings. The van der Waals surface area contributed by atoms with Crippen LogP contribution in [0, 0.1) is 0 Å². The molecule has 1 saturated heterocycles. The molecule has 0 atom stereocenters. The smallest absolute Gasteiger partial charge is 0.226 e. The summed E-state index contributed by atoms with van der Waals surface area (Å²) in [5.41, 5.74) is 1.94. The van der Waals surface area contributed by atoms with Crippen LogP contribution in [0.2, 0.25) is 0 Å². The fraction of sp³-hybridized carbons (Fsp3) is 0.389. The number of imidazole rings is 1. The van der Waals surface area contributed by atoms with Crippen molar-refractivity contribution >= 4 is 29.7 Å². The van der Waals surface area contributed by atoms with Gasteiger partial charge in [-0.05, 0) is 18.0 Å². The first-order valence-electron chi connectivity index (χ1n) is 8.62. The van der Waals surface area contributed by atoms with E-state index in [0.717, 1.165) is 60.6 Å². The highest BCUT2D eigenvalue weighted by atomic mass is 35.5. The zero-order chi connectivity index (χ0) is 17.2. The number of hydrogen-bond donors (Lipinski definition) is 0. The van der Waals surface area contributed by atoms with Gasteiger partial charge in [-0.2, -0.15) is 0 Å². The molecule has 0 spiro atoms. The Bertz CT molecular complexity index is 839. The Labute approximate surface area is 163 Å². The first kappa shape index (κ1) is 18.8. The zero-order valence-corrected chi connectivity index (χ0v) is 16.6. The number of likely N-dealkylation sites (N-methyl/N-ethyl adjacent to an activating group) is 1. The number of thiophene rings is 1. The highest BCUT2D eigenvalue weighted by molar-refractivity contribution is 7.13. The van der Waals surface area contributed by atoms with Gasteiger partial charge in [0.25, 0.3) is 0 Å². The molecule has 138 valence electrons. The molecule has 3 aromatic heterocycles. The van der Waals surface area contributed by atoms with Crippen molar-refractivity contribution in [1.82, 2.24) is 24.4 Å². The van der Waals surface area contributed by atoms with E-state index in [9.17, 15) is 0 Å². The summed E-state index contributed by atoms with van der Waals surface area (Å²) in [4.78, 5) is 20.0. The molecule has 0 N–H and O–H groups in total. The molecule has 0 aromatic carbocycles. The molecule has 0 bridgehead atoms. The van der Waals surface area contributed by atoms with Gasteiger partial charge in [0.15, 0.2) is 0 Å². The van der Waals surface area contributed by atoms with Gasteiger partial charge in [0.1, 0.15) is 5.82 Å². The number of hydrogen-bond acceptors (Lipinski definition) is 6. The monoisotopic (exact) mass is 390 g/mol. The molecular weight excluding hydrogens is 368 g/mol. The second-order valence-corrected chi connectivity index (χ2v) is 7.14. The third-order valence-corrected chi connectivity index (χ3v) is 5.57. The van der Waals surface area contributed by atoms with Crippen LogP contribution in [0.4, 0.5) is 5.95 Å². The van der Waals surface area contributed by atoms with E-state index in [2.05, 4.69) is 44.2 Å². The van der Waals surface area contributed by atoms with Gasteiger partial charge in [0.2, 0.25) is 5.95 Å². The lowest BCUT2D eigenvalue weighted by molar-refractivity contribution is 0.270. The van der Waals surface area contributed by atoms with E-state index in [4.69, 9.17) is 4.98 Å². The molecule has 1 aliphatic heterocycles. The predicted molar refractivity (Wildman–Crippen MR) is 109 cm³/mol. The van der Waals surface area contributed by atoms with Crippen molar-refractivity contribution in [2.45, 2.75) is 6.92 Å². The maximum Gasteiger partial charge on any atom is 0.226 e. The number of piperazine rings is 1. The number of aromatic nitrogens is 4. The average molecular weight is 391 g/mol. The molecule has 0 radical (unpaired) electrons. The van der Waals surface area contributed by atoms with E-state index >= 15 is 0 Å². The van der Waals surface area contributed by atoms with Crippen molar-refractivity contribution < 1.29 is 0 Å².